The Bertz CT molecular complexity index is 0. The van der Waals surface area contributed by atoms with Crippen molar-refractivity contribution in [1.82, 2.24) is 0 Å². The molecule has 0 amide bonds. The van der Waals surface area contributed by atoms with Crippen LogP contribution in [-0.4, -0.2) is 0 Å². The predicted molar refractivity (Wildman–Crippen MR) is 0 cm³/mol. The molecule has 0 saturated carbocycles. The van der Waals surface area contributed by atoms with Gasteiger partial charge in [0, 0.05) is 163 Å². The van der Waals surface area contributed by atoms with E-state index in [4.69, 9.17) is 0 Å². The molecule has 0 bridgehead atoms. The third-order valence-corrected chi connectivity index (χ3v) is 0. The molecule has 0 saturated heterocycles. The molecule has 16 valence electrons. The van der Waals surface area contributed by atoms with E-state index in [0.717, 1.165) is 0 Å². The molecule has 0 fully saturated rings. The first-order valence-electron chi connectivity index (χ1n) is 0. The second-order valence-electron chi connectivity index (χ2n) is 0. The van der Waals surface area contributed by atoms with Crippen LogP contribution in [0.3, 0.4) is 0 Å². The molecule has 0 radical (unpaired) electrons. The maximum Gasteiger partial charge on any atom is 0 e. The summed E-state index contributed by atoms with van der Waals surface area (Å²) in [5.74, 6) is 0. The summed E-state index contributed by atoms with van der Waals surface area (Å²) in [6, 6.07) is 0. The Balaban J connectivity index is 0. The van der Waals surface area contributed by atoms with E-state index < -0.39 is 0 Å². The van der Waals surface area contributed by atoms with E-state index in [2.05, 4.69) is 0 Å². The van der Waals surface area contributed by atoms with Crippen LogP contribution in [0, 0.1) is 163 Å². The second kappa shape index (κ2) is 15.8. The van der Waals surface area contributed by atoms with Gasteiger partial charge < -0.3 is 0 Å². The maximum atomic E-state index is 0. The van der Waals surface area contributed by atoms with Crippen molar-refractivity contribution in [1.29, 1.82) is 0 Å². The van der Waals surface area contributed by atoms with E-state index in [9.17, 15) is 0 Å². The van der Waals surface area contributed by atoms with Gasteiger partial charge in [-0.25, -0.2) is 0 Å². The van der Waals surface area contributed by atoms with E-state index in [-0.39, 0.29) is 163 Å². The topological polar surface area (TPSA) is 0 Å². The molecular weight excluding hydrogens is 577 g/mol. The van der Waals surface area contributed by atoms with E-state index in [1.165, 1.54) is 0 Å². The Kier molecular flexibility index (Phi) is 89.7. The summed E-state index contributed by atoms with van der Waals surface area (Å²) < 4.78 is 0. The minimum atomic E-state index is 0. The number of hydrogen-bond acceptors (Lipinski definition) is 0. The number of hydrogen-bond donors (Lipinski definition) is 0. The van der Waals surface area contributed by atoms with Crippen molar-refractivity contribution in [3.8, 4) is 0 Å². The van der Waals surface area contributed by atoms with Gasteiger partial charge in [-0.2, -0.15) is 0 Å². The first-order valence-corrected chi connectivity index (χ1v) is 0. The molecule has 0 heterocycles. The Labute approximate surface area is 157 Å². The molecule has 0 atom stereocenters. The number of rotatable bonds is 0. The summed E-state index contributed by atoms with van der Waals surface area (Å²) in [5.41, 5.74) is 0. The third kappa shape index (κ3) is 10.4. The summed E-state index contributed by atoms with van der Waals surface area (Å²) in [7, 11) is 0. The van der Waals surface area contributed by atoms with Crippen molar-refractivity contribution in [3.63, 3.8) is 0 Å². The van der Waals surface area contributed by atoms with Crippen molar-refractivity contribution in [2.75, 3.05) is 0 Å². The predicted octanol–water partition coefficient (Wildman–Crippen LogP) is 0. The van der Waals surface area contributed by atoms with E-state index in [0.29, 0.717) is 0 Å². The van der Waals surface area contributed by atoms with Gasteiger partial charge >= 0.3 is 0 Å². The van der Waals surface area contributed by atoms with Crippen LogP contribution in [-0.2, 0) is 0 Å². The smallest absolute Gasteiger partial charge is 0 e. The summed E-state index contributed by atoms with van der Waals surface area (Å²) in [6.45, 7) is 0. The average Bonchev–Trinajstić information content (AvgIpc) is 0. The molecule has 0 aliphatic heterocycles. The Hall–Kier alpha value is 5.40. The Morgan fingerprint density at radius 2 is 0.250 bits per heavy atom. The Morgan fingerprint density at radius 3 is 0.250 bits per heavy atom. The quantitative estimate of drug-likeness (QED) is 0.381. The van der Waals surface area contributed by atoms with E-state index in [1.807, 2.05) is 0 Å². The molecule has 0 aliphatic carbocycles. The van der Waals surface area contributed by atoms with Gasteiger partial charge in [0.05, 0.1) is 0 Å². The molecule has 0 aromatic carbocycles. The summed E-state index contributed by atoms with van der Waals surface area (Å²) in [4.78, 5) is 0. The van der Waals surface area contributed by atoms with Gasteiger partial charge in [0.1, 0.15) is 0 Å². The maximum absolute atomic E-state index is 0. The van der Waals surface area contributed by atoms with Crippen molar-refractivity contribution in [2.24, 2.45) is 0 Å². The van der Waals surface area contributed by atoms with Gasteiger partial charge in [-0.3, -0.25) is 0 Å². The summed E-state index contributed by atoms with van der Waals surface area (Å²) in [5, 5.41) is 0. The van der Waals surface area contributed by atoms with Crippen LogP contribution in [0.25, 0.3) is 0 Å². The van der Waals surface area contributed by atoms with Crippen LogP contribution in [0.2, 0.25) is 0 Å². The molecule has 0 aromatic heterocycles. The van der Waals surface area contributed by atoms with Crippen LogP contribution >= 0.6 is 0 Å². The van der Waals surface area contributed by atoms with Gasteiger partial charge in [-0.1, -0.05) is 0 Å². The molecule has 0 unspecified atom stereocenters. The van der Waals surface area contributed by atoms with E-state index >= 15 is 0 Å². The van der Waals surface area contributed by atoms with Crippen molar-refractivity contribution >= 4 is 0 Å². The molecule has 0 aliphatic rings. The van der Waals surface area contributed by atoms with Gasteiger partial charge in [-0.15, -0.1) is 0 Å². The van der Waals surface area contributed by atoms with Gasteiger partial charge in [0.25, 0.3) is 0 Å². The molecule has 0 rings (SSSR count). The largest absolute Gasteiger partial charge is 0 e. The second-order valence-corrected chi connectivity index (χ2v) is 0. The molecular formula is Nd4. The fraction of sp³-hybridized carbons (Fsp3) is 0. The Morgan fingerprint density at radius 1 is 0.250 bits per heavy atom. The first kappa shape index (κ1) is 22.7. The normalized spacial score (nSPS) is 0. The minimum Gasteiger partial charge on any atom is 0 e. The van der Waals surface area contributed by atoms with Crippen LogP contribution in [0.4, 0.5) is 0 Å². The van der Waals surface area contributed by atoms with Crippen LogP contribution in [0.15, 0.2) is 0 Å². The average molecular weight is 577 g/mol. The molecule has 0 N–H and O–H groups in total. The van der Waals surface area contributed by atoms with Crippen LogP contribution < -0.4 is 0 Å². The van der Waals surface area contributed by atoms with Crippen molar-refractivity contribution in [2.45, 2.75) is 0 Å². The van der Waals surface area contributed by atoms with Gasteiger partial charge in [-0.05, 0) is 0 Å². The van der Waals surface area contributed by atoms with Crippen molar-refractivity contribution < 1.29 is 163 Å². The monoisotopic (exact) mass is 568 g/mol. The summed E-state index contributed by atoms with van der Waals surface area (Å²) >= 11 is 0. The zero-order valence-electron chi connectivity index (χ0n) is 2.00. The molecule has 4 heteroatoms. The summed E-state index contributed by atoms with van der Waals surface area (Å²) in [6.07, 6.45) is 0. The van der Waals surface area contributed by atoms with Crippen LogP contribution in [0.1, 0.15) is 0 Å². The van der Waals surface area contributed by atoms with Crippen LogP contribution in [0.5, 0.6) is 0 Å². The fourth-order valence-corrected chi connectivity index (χ4v) is 0. The third-order valence-electron chi connectivity index (χ3n) is 0. The van der Waals surface area contributed by atoms with Gasteiger partial charge in [0.2, 0.25) is 0 Å². The fourth-order valence-electron chi connectivity index (χ4n) is 0. The molecule has 0 aromatic rings. The zero-order chi connectivity index (χ0) is 0. The van der Waals surface area contributed by atoms with Crippen molar-refractivity contribution in [3.05, 3.63) is 0 Å². The zero-order valence-corrected chi connectivity index (χ0v) is 14.8. The molecule has 0 nitrogen and oxygen atoms in total. The first-order chi connectivity index (χ1) is 0. The molecule has 4 heavy (non-hydrogen) atoms. The molecule has 0 spiro atoms. The standard InChI is InChI=1S/4Nd. The van der Waals surface area contributed by atoms with E-state index in [1.54, 1.807) is 0 Å². The van der Waals surface area contributed by atoms with Gasteiger partial charge in [0.15, 0.2) is 0 Å². The SMILES string of the molecule is [Nd].[Nd].[Nd].[Nd]. The minimum absolute atomic E-state index is 0.